The van der Waals surface area contributed by atoms with Gasteiger partial charge in [0.2, 0.25) is 0 Å². The zero-order chi connectivity index (χ0) is 16.3. The van der Waals surface area contributed by atoms with Crippen LogP contribution in [0.15, 0.2) is 42.7 Å². The summed E-state index contributed by atoms with van der Waals surface area (Å²) in [4.78, 5) is 18.4. The molecule has 1 atom stereocenters. The molecule has 0 radical (unpaired) electrons. The van der Waals surface area contributed by atoms with Crippen LogP contribution in [0.1, 0.15) is 17.8 Å². The van der Waals surface area contributed by atoms with E-state index in [2.05, 4.69) is 17.1 Å². The van der Waals surface area contributed by atoms with Gasteiger partial charge in [0.15, 0.2) is 5.60 Å². The molecule has 1 aromatic carbocycles. The first-order valence-corrected chi connectivity index (χ1v) is 8.83. The minimum absolute atomic E-state index is 0.211. The Bertz CT molecular complexity index is 665. The van der Waals surface area contributed by atoms with Crippen molar-refractivity contribution in [3.05, 3.63) is 54.1 Å². The Hall–Kier alpha value is -1.79. The van der Waals surface area contributed by atoms with Crippen molar-refractivity contribution in [2.75, 3.05) is 18.6 Å². The number of thioether (sulfide) groups is 1. The van der Waals surface area contributed by atoms with Crippen molar-refractivity contribution in [1.29, 1.82) is 0 Å². The van der Waals surface area contributed by atoms with Gasteiger partial charge in [-0.2, -0.15) is 11.8 Å². The second-order valence-corrected chi connectivity index (χ2v) is 7.06. The molecule has 1 fully saturated rings. The van der Waals surface area contributed by atoms with Crippen LogP contribution in [0.25, 0.3) is 0 Å². The van der Waals surface area contributed by atoms with Gasteiger partial charge in [0.25, 0.3) is 5.91 Å². The third-order valence-electron chi connectivity index (χ3n) is 4.12. The fourth-order valence-corrected chi connectivity index (χ4v) is 4.01. The summed E-state index contributed by atoms with van der Waals surface area (Å²) in [5, 5.41) is 10.4. The van der Waals surface area contributed by atoms with Gasteiger partial charge in [0.05, 0.1) is 6.54 Å². The molecule has 1 amide bonds. The number of hydrogen-bond donors (Lipinski definition) is 1. The molecule has 1 unspecified atom stereocenters. The lowest BCUT2D eigenvalue weighted by molar-refractivity contribution is -0.148. The van der Waals surface area contributed by atoms with E-state index in [1.165, 1.54) is 5.56 Å². The van der Waals surface area contributed by atoms with Gasteiger partial charge in [-0.15, -0.1) is 0 Å². The van der Waals surface area contributed by atoms with Gasteiger partial charge in [0, 0.05) is 31.7 Å². The number of aromatic nitrogens is 2. The fraction of sp³-hybridized carbons (Fsp3) is 0.412. The van der Waals surface area contributed by atoms with Crippen molar-refractivity contribution in [1.82, 2.24) is 14.5 Å². The summed E-state index contributed by atoms with van der Waals surface area (Å²) in [6.45, 7) is 1.12. The Morgan fingerprint density at radius 2 is 2.22 bits per heavy atom. The van der Waals surface area contributed by atoms with Gasteiger partial charge in [0.1, 0.15) is 5.82 Å². The molecule has 1 aromatic heterocycles. The Morgan fingerprint density at radius 1 is 1.43 bits per heavy atom. The smallest absolute Gasteiger partial charge is 0.255 e. The molecule has 1 N–H and O–H groups in total. The van der Waals surface area contributed by atoms with Crippen LogP contribution < -0.4 is 0 Å². The summed E-state index contributed by atoms with van der Waals surface area (Å²) >= 11 is 1.62. The number of benzene rings is 1. The number of likely N-dealkylation sites (N-methyl/N-ethyl adjacent to an activating group) is 1. The number of aliphatic hydroxyl groups is 1. The molecule has 6 heteroatoms. The molecule has 0 saturated carbocycles. The highest BCUT2D eigenvalue weighted by Gasteiger charge is 2.41. The number of nitrogens with zero attached hydrogens (tertiary/aromatic N) is 3. The van der Waals surface area contributed by atoms with E-state index in [-0.39, 0.29) is 5.91 Å². The summed E-state index contributed by atoms with van der Waals surface area (Å²) in [6, 6.07) is 10.1. The Morgan fingerprint density at radius 3 is 2.91 bits per heavy atom. The zero-order valence-electron chi connectivity index (χ0n) is 13.2. The molecule has 3 rings (SSSR count). The normalized spacial score (nSPS) is 20.6. The van der Waals surface area contributed by atoms with E-state index in [1.54, 1.807) is 29.9 Å². The number of carbonyl (C=O) groups is 1. The van der Waals surface area contributed by atoms with Crippen LogP contribution >= 0.6 is 11.8 Å². The minimum atomic E-state index is -1.21. The van der Waals surface area contributed by atoms with E-state index in [4.69, 9.17) is 0 Å². The number of amides is 1. The van der Waals surface area contributed by atoms with Gasteiger partial charge < -0.3 is 14.6 Å². The van der Waals surface area contributed by atoms with Gasteiger partial charge >= 0.3 is 0 Å². The highest BCUT2D eigenvalue weighted by Crippen LogP contribution is 2.29. The molecule has 1 aliphatic heterocycles. The summed E-state index contributed by atoms with van der Waals surface area (Å²) in [5.74, 6) is 1.92. The highest BCUT2D eigenvalue weighted by molar-refractivity contribution is 7.99. The predicted molar refractivity (Wildman–Crippen MR) is 91.1 cm³/mol. The third-order valence-corrected chi connectivity index (χ3v) is 5.30. The van der Waals surface area contributed by atoms with Gasteiger partial charge in [-0.1, -0.05) is 30.3 Å². The van der Waals surface area contributed by atoms with Crippen molar-refractivity contribution in [2.45, 2.75) is 25.1 Å². The topological polar surface area (TPSA) is 58.4 Å². The van der Waals surface area contributed by atoms with E-state index < -0.39 is 5.60 Å². The van der Waals surface area contributed by atoms with Crippen molar-refractivity contribution >= 4 is 17.7 Å². The first kappa shape index (κ1) is 16.1. The van der Waals surface area contributed by atoms with Gasteiger partial charge in [-0.3, -0.25) is 4.79 Å². The van der Waals surface area contributed by atoms with Crippen molar-refractivity contribution in [3.8, 4) is 0 Å². The van der Waals surface area contributed by atoms with E-state index >= 15 is 0 Å². The lowest BCUT2D eigenvalue weighted by Gasteiger charge is -2.27. The van der Waals surface area contributed by atoms with Crippen LogP contribution in [-0.2, 0) is 17.9 Å². The predicted octanol–water partition coefficient (Wildman–Crippen LogP) is 1.76. The molecule has 5 nitrogen and oxygen atoms in total. The van der Waals surface area contributed by atoms with Gasteiger partial charge in [-0.05, 0) is 17.7 Å². The van der Waals surface area contributed by atoms with Crippen LogP contribution in [0, 0.1) is 0 Å². The van der Waals surface area contributed by atoms with Crippen LogP contribution in [-0.4, -0.2) is 49.6 Å². The zero-order valence-corrected chi connectivity index (χ0v) is 14.0. The summed E-state index contributed by atoms with van der Waals surface area (Å²) < 4.78 is 2.03. The van der Waals surface area contributed by atoms with E-state index in [9.17, 15) is 9.90 Å². The highest BCUT2D eigenvalue weighted by atomic mass is 32.2. The van der Waals surface area contributed by atoms with Crippen LogP contribution in [0.4, 0.5) is 0 Å². The Labute approximate surface area is 140 Å². The molecule has 2 aromatic rings. The lowest BCUT2D eigenvalue weighted by Crippen LogP contribution is -2.47. The molecule has 23 heavy (non-hydrogen) atoms. The summed E-state index contributed by atoms with van der Waals surface area (Å²) in [6.07, 6.45) is 4.19. The average Bonchev–Trinajstić information content (AvgIpc) is 3.18. The second kappa shape index (κ2) is 6.76. The SMILES string of the molecule is CN(Cc1nccn1Cc1ccccc1)C(=O)C1(O)CCSC1. The van der Waals surface area contributed by atoms with E-state index in [0.29, 0.717) is 18.7 Å². The maximum Gasteiger partial charge on any atom is 0.255 e. The van der Waals surface area contributed by atoms with Crippen LogP contribution in [0.2, 0.25) is 0 Å². The molecule has 1 saturated heterocycles. The lowest BCUT2D eigenvalue weighted by atomic mass is 10.0. The average molecular weight is 331 g/mol. The van der Waals surface area contributed by atoms with E-state index in [0.717, 1.165) is 18.1 Å². The third kappa shape index (κ3) is 3.59. The van der Waals surface area contributed by atoms with E-state index in [1.807, 2.05) is 29.0 Å². The monoisotopic (exact) mass is 331 g/mol. The standard InChI is InChI=1S/C17H21N3O2S/c1-19(16(21)17(22)7-10-23-13-17)12-15-18-8-9-20(15)11-14-5-3-2-4-6-14/h2-6,8-9,22H,7,10-13H2,1H3. The maximum absolute atomic E-state index is 12.5. The van der Waals surface area contributed by atoms with Crippen LogP contribution in [0.3, 0.4) is 0 Å². The second-order valence-electron chi connectivity index (χ2n) is 5.95. The molecule has 0 bridgehead atoms. The first-order chi connectivity index (χ1) is 11.1. The summed E-state index contributed by atoms with van der Waals surface area (Å²) in [7, 11) is 1.73. The quantitative estimate of drug-likeness (QED) is 0.907. The molecule has 2 heterocycles. The fourth-order valence-electron chi connectivity index (χ4n) is 2.78. The largest absolute Gasteiger partial charge is 0.379 e. The van der Waals surface area contributed by atoms with Gasteiger partial charge in [-0.25, -0.2) is 4.98 Å². The van der Waals surface area contributed by atoms with Crippen molar-refractivity contribution < 1.29 is 9.90 Å². The number of imidazole rings is 1. The van der Waals surface area contributed by atoms with Crippen molar-refractivity contribution in [2.24, 2.45) is 0 Å². The maximum atomic E-state index is 12.5. The molecule has 122 valence electrons. The molecule has 0 spiro atoms. The Kier molecular flexibility index (Phi) is 4.73. The molecular formula is C17H21N3O2S. The molecular weight excluding hydrogens is 310 g/mol. The number of carbonyl (C=O) groups excluding carboxylic acids is 1. The summed E-state index contributed by atoms with van der Waals surface area (Å²) in [5.41, 5.74) is -0.0254. The van der Waals surface area contributed by atoms with Crippen molar-refractivity contribution in [3.63, 3.8) is 0 Å². The molecule has 0 aliphatic carbocycles. The first-order valence-electron chi connectivity index (χ1n) is 7.68. The van der Waals surface area contributed by atoms with Crippen LogP contribution in [0.5, 0.6) is 0 Å². The molecule has 1 aliphatic rings. The number of hydrogen-bond acceptors (Lipinski definition) is 4. The minimum Gasteiger partial charge on any atom is -0.379 e. The number of rotatable bonds is 5. The Balaban J connectivity index is 1.69.